The number of fused-ring (bicyclic) bond motifs is 13. The summed E-state index contributed by atoms with van der Waals surface area (Å²) in [5.74, 6) is 2.41. The van der Waals surface area contributed by atoms with Crippen molar-refractivity contribution >= 4 is 74.6 Å². The number of hydrogen-bond donors (Lipinski definition) is 0. The van der Waals surface area contributed by atoms with Crippen LogP contribution in [0.2, 0.25) is 63.5 Å². The molecule has 5 aliphatic rings. The highest BCUT2D eigenvalue weighted by Gasteiger charge is 2.72. The van der Waals surface area contributed by atoms with Gasteiger partial charge in [0, 0.05) is 0 Å². The van der Waals surface area contributed by atoms with Gasteiger partial charge >= 0.3 is 0 Å². The molecule has 0 aromatic heterocycles. The fourth-order valence-electron chi connectivity index (χ4n) is 15.4. The van der Waals surface area contributed by atoms with Crippen LogP contribution in [0.1, 0.15) is 67.4 Å². The van der Waals surface area contributed by atoms with Crippen molar-refractivity contribution in [3.8, 4) is 0 Å². The Morgan fingerprint density at radius 2 is 0.696 bits per heavy atom. The van der Waals surface area contributed by atoms with E-state index in [0.29, 0.717) is 45.8 Å². The SMILES string of the molecule is Cc1cc2c(cc1C)[Si](C)(C)C1C3c4c(ccc5ccccc45)C(C1C1C4c5ccc6ccccc6c5C3C1[Si](C)(C)c1cc(C)c(C)cc1[Si]4(C)C)[Si]2(C)C. The van der Waals surface area contributed by atoms with Crippen LogP contribution in [0.3, 0.4) is 0 Å². The average molecular weight is 797 g/mol. The highest BCUT2D eigenvalue weighted by Crippen LogP contribution is 2.78. The van der Waals surface area contributed by atoms with Gasteiger partial charge in [-0.15, -0.1) is 0 Å². The van der Waals surface area contributed by atoms with E-state index in [1.54, 1.807) is 33.0 Å². The van der Waals surface area contributed by atoms with E-state index >= 15 is 0 Å². The van der Waals surface area contributed by atoms with Crippen molar-refractivity contribution in [2.24, 2.45) is 11.8 Å². The van der Waals surface area contributed by atoms with Crippen molar-refractivity contribution in [3.05, 3.63) is 142 Å². The molecule has 284 valence electrons. The van der Waals surface area contributed by atoms with Crippen molar-refractivity contribution in [1.29, 1.82) is 0 Å². The van der Waals surface area contributed by atoms with Crippen LogP contribution in [0, 0.1) is 39.5 Å². The van der Waals surface area contributed by atoms with Crippen molar-refractivity contribution in [1.82, 2.24) is 0 Å². The second kappa shape index (κ2) is 11.3. The zero-order chi connectivity index (χ0) is 39.2. The molecule has 8 bridgehead atoms. The Kier molecular flexibility index (Phi) is 7.20. The fraction of sp³-hybridized carbons (Fsp3) is 0.385. The first-order valence-corrected chi connectivity index (χ1v) is 34.1. The summed E-state index contributed by atoms with van der Waals surface area (Å²) in [5, 5.41) is 13.3. The van der Waals surface area contributed by atoms with Crippen LogP contribution in [-0.2, 0) is 0 Å². The Morgan fingerprint density at radius 3 is 1.05 bits per heavy atom. The quantitative estimate of drug-likeness (QED) is 0.134. The third-order valence-electron chi connectivity index (χ3n) is 17.8. The molecule has 56 heavy (non-hydrogen) atoms. The first-order valence-electron chi connectivity index (χ1n) is 21.8. The van der Waals surface area contributed by atoms with E-state index in [1.807, 2.05) is 20.7 Å². The zero-order valence-corrected chi connectivity index (χ0v) is 39.9. The highest BCUT2D eigenvalue weighted by atomic mass is 28.3. The Bertz CT molecular complexity index is 2530. The van der Waals surface area contributed by atoms with E-state index in [4.69, 9.17) is 0 Å². The fourth-order valence-corrected chi connectivity index (χ4v) is 36.6. The van der Waals surface area contributed by atoms with E-state index in [0.717, 1.165) is 0 Å². The molecule has 11 rings (SSSR count). The normalized spacial score (nSPS) is 30.4. The highest BCUT2D eigenvalue weighted by molar-refractivity contribution is 7.03. The molecule has 0 radical (unpaired) electrons. The Labute approximate surface area is 340 Å². The summed E-state index contributed by atoms with van der Waals surface area (Å²) in [4.78, 5) is 0. The second-order valence-electron chi connectivity index (χ2n) is 21.6. The van der Waals surface area contributed by atoms with Gasteiger partial charge in [-0.1, -0.05) is 170 Å². The molecule has 0 spiro atoms. The van der Waals surface area contributed by atoms with Crippen molar-refractivity contribution in [3.63, 3.8) is 0 Å². The Balaban J connectivity index is 1.37. The minimum absolute atomic E-state index is 0.507. The largest absolute Gasteiger partial charge is 0.0881 e. The maximum atomic E-state index is 2.87. The molecule has 2 heterocycles. The smallest absolute Gasteiger partial charge is 0.0652 e. The van der Waals surface area contributed by atoms with Crippen LogP contribution in [0.25, 0.3) is 21.5 Å². The van der Waals surface area contributed by atoms with Crippen LogP contribution in [0.5, 0.6) is 0 Å². The van der Waals surface area contributed by atoms with Gasteiger partial charge in [0.2, 0.25) is 0 Å². The first kappa shape index (κ1) is 35.8. The first-order chi connectivity index (χ1) is 26.5. The maximum Gasteiger partial charge on any atom is 0.0881 e. The van der Waals surface area contributed by atoms with Crippen molar-refractivity contribution in [2.75, 3.05) is 0 Å². The maximum absolute atomic E-state index is 2.87. The van der Waals surface area contributed by atoms with Gasteiger partial charge in [-0.05, 0) is 140 Å². The second-order valence-corrected chi connectivity index (χ2v) is 40.1. The third kappa shape index (κ3) is 4.20. The predicted molar refractivity (Wildman–Crippen MR) is 254 cm³/mol. The molecule has 8 atom stereocenters. The van der Waals surface area contributed by atoms with Crippen LogP contribution in [-0.4, -0.2) is 32.3 Å². The zero-order valence-electron chi connectivity index (χ0n) is 35.9. The molecule has 2 aliphatic heterocycles. The molecule has 0 N–H and O–H groups in total. The lowest BCUT2D eigenvalue weighted by molar-refractivity contribution is 0.142. The van der Waals surface area contributed by atoms with Gasteiger partial charge in [-0.2, -0.15) is 0 Å². The minimum atomic E-state index is -2.12. The number of aryl methyl sites for hydroxylation is 4. The van der Waals surface area contributed by atoms with Gasteiger partial charge in [0.15, 0.2) is 0 Å². The summed E-state index contributed by atoms with van der Waals surface area (Å²) in [7, 11) is -8.49. The van der Waals surface area contributed by atoms with Crippen molar-refractivity contribution < 1.29 is 0 Å². The molecule has 0 nitrogen and oxygen atoms in total. The van der Waals surface area contributed by atoms with Crippen LogP contribution >= 0.6 is 0 Å². The van der Waals surface area contributed by atoms with Gasteiger partial charge in [0.25, 0.3) is 0 Å². The third-order valence-corrected chi connectivity index (χ3v) is 34.8. The van der Waals surface area contributed by atoms with Crippen molar-refractivity contribution in [2.45, 2.75) is 114 Å². The number of benzene rings is 6. The minimum Gasteiger partial charge on any atom is -0.0652 e. The van der Waals surface area contributed by atoms with Gasteiger partial charge in [0.05, 0.1) is 32.3 Å². The molecule has 6 aromatic carbocycles. The van der Waals surface area contributed by atoms with E-state index in [2.05, 4.69) is 177 Å². The molecule has 6 aromatic rings. The summed E-state index contributed by atoms with van der Waals surface area (Å²) in [6.45, 7) is 32.4. The van der Waals surface area contributed by atoms with Gasteiger partial charge in [-0.25, -0.2) is 0 Å². The molecule has 0 amide bonds. The van der Waals surface area contributed by atoms with Crippen LogP contribution < -0.4 is 20.7 Å². The number of hydrogen-bond acceptors (Lipinski definition) is 0. The summed E-state index contributed by atoms with van der Waals surface area (Å²) in [6, 6.07) is 40.7. The van der Waals surface area contributed by atoms with Crippen LogP contribution in [0.15, 0.2) is 97.1 Å². The lowest BCUT2D eigenvalue weighted by Crippen LogP contribution is -2.64. The van der Waals surface area contributed by atoms with Gasteiger partial charge in [0.1, 0.15) is 0 Å². The topological polar surface area (TPSA) is 0 Å². The average Bonchev–Trinajstić information content (AvgIpc) is 3.23. The monoisotopic (exact) mass is 796 g/mol. The van der Waals surface area contributed by atoms with E-state index < -0.39 is 32.3 Å². The number of rotatable bonds is 0. The van der Waals surface area contributed by atoms with E-state index in [9.17, 15) is 0 Å². The van der Waals surface area contributed by atoms with Gasteiger partial charge in [-0.3, -0.25) is 0 Å². The summed E-state index contributed by atoms with van der Waals surface area (Å²) in [5.41, 5.74) is 15.7. The van der Waals surface area contributed by atoms with Crippen LogP contribution in [0.4, 0.5) is 0 Å². The lowest BCUT2D eigenvalue weighted by Gasteiger charge is -2.68. The summed E-state index contributed by atoms with van der Waals surface area (Å²) in [6.07, 6.45) is 0. The Hall–Kier alpha value is -3.29. The molecule has 1 fully saturated rings. The summed E-state index contributed by atoms with van der Waals surface area (Å²) >= 11 is 0. The molecule has 8 unspecified atom stereocenters. The van der Waals surface area contributed by atoms with E-state index in [-0.39, 0.29) is 0 Å². The summed E-state index contributed by atoms with van der Waals surface area (Å²) < 4.78 is 0. The lowest BCUT2D eigenvalue weighted by atomic mass is 9.52. The standard InChI is InChI=1S/C52H60Si4/c1-29-25-39-41(27-31(29)3)55(9,10)51-45-43-35-19-15-13-17-33(35)21-23-37(43)49(53(39,5)6)47(51)48-50-38-24-22-34-18-14-16-20-36(34)44(38)46(45)52(48)56(11,12)42-28-32(4)30(2)26-40(42)54(50,7)8/h13-28,45-52H,1-12H3. The molecular weight excluding hydrogens is 737 g/mol. The molecular formula is C52H60Si4. The Morgan fingerprint density at radius 1 is 0.375 bits per heavy atom. The molecule has 3 aliphatic carbocycles. The molecule has 4 heteroatoms. The predicted octanol–water partition coefficient (Wildman–Crippen LogP) is 11.4. The van der Waals surface area contributed by atoms with Gasteiger partial charge < -0.3 is 0 Å². The molecule has 1 saturated carbocycles. The van der Waals surface area contributed by atoms with E-state index in [1.165, 1.54) is 33.0 Å². The molecule has 0 saturated heterocycles.